The SMILES string of the molecule is Cc1cc(NCC(C)(C)N2CCCC(C)C2)ncc1[N+](=O)[O-]. The van der Waals surface area contributed by atoms with E-state index >= 15 is 0 Å². The largest absolute Gasteiger partial charge is 0.368 e. The van der Waals surface area contributed by atoms with Crippen LogP contribution in [0.1, 0.15) is 39.2 Å². The number of hydrogen-bond acceptors (Lipinski definition) is 5. The summed E-state index contributed by atoms with van der Waals surface area (Å²) in [5.74, 6) is 1.44. The zero-order valence-electron chi connectivity index (χ0n) is 13.9. The minimum Gasteiger partial charge on any atom is -0.368 e. The first kappa shape index (κ1) is 16.7. The number of piperidine rings is 1. The van der Waals surface area contributed by atoms with Crippen molar-refractivity contribution in [2.75, 3.05) is 25.0 Å². The van der Waals surface area contributed by atoms with Crippen molar-refractivity contribution in [3.05, 3.63) is 27.9 Å². The Morgan fingerprint density at radius 2 is 2.27 bits per heavy atom. The van der Waals surface area contributed by atoms with Crippen LogP contribution >= 0.6 is 0 Å². The van der Waals surface area contributed by atoms with E-state index in [2.05, 4.69) is 36.0 Å². The van der Waals surface area contributed by atoms with E-state index in [0.29, 0.717) is 11.4 Å². The van der Waals surface area contributed by atoms with Gasteiger partial charge in [0.05, 0.1) is 4.92 Å². The van der Waals surface area contributed by atoms with E-state index in [0.717, 1.165) is 25.6 Å². The van der Waals surface area contributed by atoms with Crippen molar-refractivity contribution >= 4 is 11.5 Å². The van der Waals surface area contributed by atoms with Crippen molar-refractivity contribution in [2.24, 2.45) is 5.92 Å². The standard InChI is InChI=1S/C16H26N4O2/c1-12-6-5-7-19(10-12)16(3,4)11-18-15-8-13(2)14(9-17-15)20(21)22/h8-9,12H,5-7,10-11H2,1-4H3,(H,17,18). The van der Waals surface area contributed by atoms with Gasteiger partial charge in [-0.3, -0.25) is 15.0 Å². The van der Waals surface area contributed by atoms with Crippen molar-refractivity contribution in [3.63, 3.8) is 0 Å². The monoisotopic (exact) mass is 306 g/mol. The summed E-state index contributed by atoms with van der Waals surface area (Å²) in [6, 6.07) is 1.74. The minimum absolute atomic E-state index is 0.0338. The van der Waals surface area contributed by atoms with Crippen molar-refractivity contribution in [3.8, 4) is 0 Å². The van der Waals surface area contributed by atoms with Gasteiger partial charge in [-0.1, -0.05) is 6.92 Å². The molecule has 1 aliphatic rings. The summed E-state index contributed by atoms with van der Waals surface area (Å²) in [5, 5.41) is 14.2. The van der Waals surface area contributed by atoms with Gasteiger partial charge in [0.15, 0.2) is 0 Å². The Kier molecular flexibility index (Phi) is 5.01. The van der Waals surface area contributed by atoms with E-state index in [1.807, 2.05) is 0 Å². The van der Waals surface area contributed by atoms with E-state index in [1.165, 1.54) is 19.0 Å². The second-order valence-electron chi connectivity index (χ2n) is 6.97. The Labute approximate surface area is 132 Å². The van der Waals surface area contributed by atoms with Gasteiger partial charge in [0.25, 0.3) is 5.69 Å². The smallest absolute Gasteiger partial charge is 0.290 e. The molecule has 1 unspecified atom stereocenters. The van der Waals surface area contributed by atoms with Crippen LogP contribution in [0.5, 0.6) is 0 Å². The van der Waals surface area contributed by atoms with E-state index in [4.69, 9.17) is 0 Å². The molecule has 0 aliphatic carbocycles. The number of aromatic nitrogens is 1. The van der Waals surface area contributed by atoms with Crippen LogP contribution in [-0.4, -0.2) is 40.0 Å². The lowest BCUT2D eigenvalue weighted by atomic mass is 9.93. The molecule has 22 heavy (non-hydrogen) atoms. The van der Waals surface area contributed by atoms with Gasteiger partial charge in [-0.15, -0.1) is 0 Å². The molecule has 122 valence electrons. The highest BCUT2D eigenvalue weighted by Gasteiger charge is 2.30. The Hall–Kier alpha value is -1.69. The Balaban J connectivity index is 1.99. The van der Waals surface area contributed by atoms with E-state index < -0.39 is 4.92 Å². The molecule has 1 fully saturated rings. The molecule has 0 spiro atoms. The zero-order valence-corrected chi connectivity index (χ0v) is 13.9. The first-order chi connectivity index (χ1) is 10.3. The summed E-state index contributed by atoms with van der Waals surface area (Å²) in [5.41, 5.74) is 0.730. The summed E-state index contributed by atoms with van der Waals surface area (Å²) >= 11 is 0. The number of pyridine rings is 1. The van der Waals surface area contributed by atoms with Gasteiger partial charge in [-0.25, -0.2) is 4.98 Å². The fourth-order valence-corrected chi connectivity index (χ4v) is 2.99. The van der Waals surface area contributed by atoms with Crippen molar-refractivity contribution < 1.29 is 4.92 Å². The molecule has 1 atom stereocenters. The van der Waals surface area contributed by atoms with Gasteiger partial charge in [-0.05, 0) is 52.1 Å². The number of hydrogen-bond donors (Lipinski definition) is 1. The first-order valence-electron chi connectivity index (χ1n) is 7.89. The summed E-state index contributed by atoms with van der Waals surface area (Å²) in [4.78, 5) is 17.1. The molecule has 1 aromatic heterocycles. The molecular weight excluding hydrogens is 280 g/mol. The molecule has 2 heterocycles. The van der Waals surface area contributed by atoms with Gasteiger partial charge >= 0.3 is 0 Å². The lowest BCUT2D eigenvalue weighted by molar-refractivity contribution is -0.385. The van der Waals surface area contributed by atoms with Crippen LogP contribution in [0.3, 0.4) is 0 Å². The highest BCUT2D eigenvalue weighted by atomic mass is 16.6. The molecule has 0 amide bonds. The lowest BCUT2D eigenvalue weighted by Crippen LogP contribution is -2.52. The number of nitro groups is 1. The number of nitrogens with one attached hydrogen (secondary N) is 1. The third-order valence-electron chi connectivity index (χ3n) is 4.50. The average Bonchev–Trinajstić information content (AvgIpc) is 2.45. The molecule has 1 aromatic rings. The van der Waals surface area contributed by atoms with Crippen LogP contribution in [0.4, 0.5) is 11.5 Å². The van der Waals surface area contributed by atoms with E-state index in [9.17, 15) is 10.1 Å². The summed E-state index contributed by atoms with van der Waals surface area (Å²) in [6.45, 7) is 11.5. The number of anilines is 1. The highest BCUT2D eigenvalue weighted by molar-refractivity contribution is 5.47. The van der Waals surface area contributed by atoms with Crippen molar-refractivity contribution in [2.45, 2.75) is 46.1 Å². The van der Waals surface area contributed by atoms with Gasteiger partial charge in [0.1, 0.15) is 12.0 Å². The van der Waals surface area contributed by atoms with Crippen LogP contribution in [0.15, 0.2) is 12.3 Å². The molecule has 6 nitrogen and oxygen atoms in total. The molecule has 0 aromatic carbocycles. The predicted molar refractivity (Wildman–Crippen MR) is 88.2 cm³/mol. The van der Waals surface area contributed by atoms with E-state index in [1.54, 1.807) is 13.0 Å². The molecule has 1 saturated heterocycles. The molecule has 0 bridgehead atoms. The molecule has 0 radical (unpaired) electrons. The Bertz CT molecular complexity index is 545. The lowest BCUT2D eigenvalue weighted by Gasteiger charge is -2.43. The van der Waals surface area contributed by atoms with Gasteiger partial charge in [0, 0.05) is 24.2 Å². The van der Waals surface area contributed by atoms with Crippen molar-refractivity contribution in [1.29, 1.82) is 0 Å². The highest BCUT2D eigenvalue weighted by Crippen LogP contribution is 2.25. The van der Waals surface area contributed by atoms with Gasteiger partial charge < -0.3 is 5.32 Å². The van der Waals surface area contributed by atoms with Crippen LogP contribution in [0.2, 0.25) is 0 Å². The fourth-order valence-electron chi connectivity index (χ4n) is 2.99. The molecule has 6 heteroatoms. The predicted octanol–water partition coefficient (Wildman–Crippen LogP) is 3.22. The maximum Gasteiger partial charge on any atom is 0.290 e. The topological polar surface area (TPSA) is 71.3 Å². The third-order valence-corrected chi connectivity index (χ3v) is 4.50. The fraction of sp³-hybridized carbons (Fsp3) is 0.688. The van der Waals surface area contributed by atoms with Gasteiger partial charge in [0.2, 0.25) is 0 Å². The van der Waals surface area contributed by atoms with E-state index in [-0.39, 0.29) is 11.2 Å². The first-order valence-corrected chi connectivity index (χ1v) is 7.89. The third kappa shape index (κ3) is 3.94. The average molecular weight is 306 g/mol. The molecule has 2 rings (SSSR count). The Morgan fingerprint density at radius 3 is 2.86 bits per heavy atom. The molecule has 1 aliphatic heterocycles. The summed E-state index contributed by atoms with van der Waals surface area (Å²) in [6.07, 6.45) is 3.89. The van der Waals surface area contributed by atoms with Crippen LogP contribution < -0.4 is 5.32 Å². The number of aryl methyl sites for hydroxylation is 1. The molecular formula is C16H26N4O2. The number of rotatable bonds is 5. The Morgan fingerprint density at radius 1 is 1.55 bits per heavy atom. The minimum atomic E-state index is -0.398. The van der Waals surface area contributed by atoms with Crippen molar-refractivity contribution in [1.82, 2.24) is 9.88 Å². The quantitative estimate of drug-likeness (QED) is 0.668. The van der Waals surface area contributed by atoms with Crippen LogP contribution in [0, 0.1) is 23.0 Å². The van der Waals surface area contributed by atoms with Gasteiger partial charge in [-0.2, -0.15) is 0 Å². The molecule has 0 saturated carbocycles. The summed E-state index contributed by atoms with van der Waals surface area (Å²) < 4.78 is 0. The number of nitrogens with zero attached hydrogens (tertiary/aromatic N) is 3. The summed E-state index contributed by atoms with van der Waals surface area (Å²) in [7, 11) is 0. The molecule has 1 N–H and O–H groups in total. The maximum atomic E-state index is 10.8. The normalized spacial score (nSPS) is 19.9. The van der Waals surface area contributed by atoms with Crippen LogP contribution in [0.25, 0.3) is 0 Å². The second kappa shape index (κ2) is 6.60. The maximum absolute atomic E-state index is 10.8. The zero-order chi connectivity index (χ0) is 16.3. The number of likely N-dealkylation sites (tertiary alicyclic amines) is 1. The second-order valence-corrected chi connectivity index (χ2v) is 6.97. The van der Waals surface area contributed by atoms with Crippen LogP contribution in [-0.2, 0) is 0 Å².